The molecule has 0 saturated carbocycles. The lowest BCUT2D eigenvalue weighted by molar-refractivity contribution is -0.143. The molecule has 0 saturated heterocycles. The predicted octanol–water partition coefficient (Wildman–Crippen LogP) is 0.518. The quantitative estimate of drug-likeness (QED) is 0.591. The Morgan fingerprint density at radius 2 is 1.78 bits per heavy atom. The molecule has 18 heavy (non-hydrogen) atoms. The summed E-state index contributed by atoms with van der Waals surface area (Å²) in [5.74, 6) is -1.90. The first-order chi connectivity index (χ1) is 8.42. The van der Waals surface area contributed by atoms with E-state index in [1.807, 2.05) is 13.8 Å². The van der Waals surface area contributed by atoms with Crippen molar-refractivity contribution in [3.05, 3.63) is 0 Å². The fourth-order valence-electron chi connectivity index (χ4n) is 1.40. The van der Waals surface area contributed by atoms with Crippen molar-refractivity contribution in [2.45, 2.75) is 46.1 Å². The van der Waals surface area contributed by atoms with Gasteiger partial charge in [-0.05, 0) is 12.3 Å². The van der Waals surface area contributed by atoms with Gasteiger partial charge in [-0.2, -0.15) is 0 Å². The van der Waals surface area contributed by atoms with Crippen molar-refractivity contribution in [2.24, 2.45) is 5.92 Å². The van der Waals surface area contributed by atoms with E-state index < -0.39 is 17.9 Å². The Morgan fingerprint density at radius 3 is 2.22 bits per heavy atom. The summed E-state index contributed by atoms with van der Waals surface area (Å²) in [5, 5.41) is 13.8. The van der Waals surface area contributed by atoms with Gasteiger partial charge in [-0.1, -0.05) is 27.2 Å². The van der Waals surface area contributed by atoms with Crippen LogP contribution in [0.1, 0.15) is 40.0 Å². The second kappa shape index (κ2) is 8.49. The lowest BCUT2D eigenvalue weighted by atomic mass is 9.99. The Hall–Kier alpha value is -1.59. The number of carbonyl (C=O) groups excluding carboxylic acids is 2. The molecular formula is C12H22N2O4. The monoisotopic (exact) mass is 258 g/mol. The van der Waals surface area contributed by atoms with Gasteiger partial charge in [-0.15, -0.1) is 0 Å². The van der Waals surface area contributed by atoms with Crippen LogP contribution in [0.15, 0.2) is 0 Å². The van der Waals surface area contributed by atoms with Crippen LogP contribution >= 0.6 is 0 Å². The van der Waals surface area contributed by atoms with Gasteiger partial charge in [0.15, 0.2) is 0 Å². The first-order valence-corrected chi connectivity index (χ1v) is 6.21. The molecule has 0 aliphatic carbocycles. The molecule has 0 bridgehead atoms. The summed E-state index contributed by atoms with van der Waals surface area (Å²) in [6.45, 7) is 5.30. The van der Waals surface area contributed by atoms with E-state index in [0.29, 0.717) is 19.3 Å². The summed E-state index contributed by atoms with van der Waals surface area (Å²) >= 11 is 0. The number of nitrogens with one attached hydrogen (secondary N) is 2. The van der Waals surface area contributed by atoms with E-state index in [-0.39, 0.29) is 18.4 Å². The second-order valence-corrected chi connectivity index (χ2v) is 4.30. The van der Waals surface area contributed by atoms with Crippen molar-refractivity contribution in [3.8, 4) is 0 Å². The van der Waals surface area contributed by atoms with Gasteiger partial charge in [-0.3, -0.25) is 9.59 Å². The van der Waals surface area contributed by atoms with Gasteiger partial charge in [0.05, 0.1) is 6.54 Å². The zero-order chi connectivity index (χ0) is 14.1. The molecule has 0 aromatic rings. The fourth-order valence-corrected chi connectivity index (χ4v) is 1.40. The number of hydrogen-bond donors (Lipinski definition) is 3. The van der Waals surface area contributed by atoms with Gasteiger partial charge in [0, 0.05) is 6.42 Å². The predicted molar refractivity (Wildman–Crippen MR) is 66.9 cm³/mol. The third kappa shape index (κ3) is 6.22. The minimum atomic E-state index is -1.06. The Morgan fingerprint density at radius 1 is 1.17 bits per heavy atom. The Kier molecular flexibility index (Phi) is 7.74. The Bertz CT molecular complexity index is 304. The second-order valence-electron chi connectivity index (χ2n) is 4.30. The third-order valence-electron chi connectivity index (χ3n) is 2.72. The molecule has 2 amide bonds. The molecule has 0 aliphatic heterocycles. The van der Waals surface area contributed by atoms with Crippen LogP contribution in [0.3, 0.4) is 0 Å². The fraction of sp³-hybridized carbons (Fsp3) is 0.750. The highest BCUT2D eigenvalue weighted by molar-refractivity contribution is 5.87. The molecule has 0 spiro atoms. The van der Waals surface area contributed by atoms with Crippen molar-refractivity contribution >= 4 is 17.8 Å². The first-order valence-electron chi connectivity index (χ1n) is 6.21. The molecular weight excluding hydrogens is 236 g/mol. The van der Waals surface area contributed by atoms with Crippen LogP contribution in [-0.4, -0.2) is 35.5 Å². The summed E-state index contributed by atoms with van der Waals surface area (Å²) in [7, 11) is 0. The highest BCUT2D eigenvalue weighted by Crippen LogP contribution is 2.07. The van der Waals surface area contributed by atoms with E-state index in [0.717, 1.165) is 0 Å². The van der Waals surface area contributed by atoms with Crippen LogP contribution in [-0.2, 0) is 14.4 Å². The number of carboxylic acids is 1. The van der Waals surface area contributed by atoms with Gasteiger partial charge in [0.25, 0.3) is 0 Å². The van der Waals surface area contributed by atoms with Gasteiger partial charge in [0.2, 0.25) is 11.8 Å². The summed E-state index contributed by atoms with van der Waals surface area (Å²) in [6, 6.07) is -0.912. The normalized spacial score (nSPS) is 13.5. The summed E-state index contributed by atoms with van der Waals surface area (Å²) in [4.78, 5) is 33.6. The van der Waals surface area contributed by atoms with E-state index in [1.165, 1.54) is 0 Å². The minimum Gasteiger partial charge on any atom is -0.480 e. The Labute approximate surface area is 107 Å². The van der Waals surface area contributed by atoms with Crippen LogP contribution in [0.4, 0.5) is 0 Å². The molecule has 0 unspecified atom stereocenters. The van der Waals surface area contributed by atoms with Crippen LogP contribution in [0, 0.1) is 5.92 Å². The molecule has 0 aliphatic rings. The molecule has 2 atom stereocenters. The zero-order valence-electron chi connectivity index (χ0n) is 11.2. The van der Waals surface area contributed by atoms with Crippen LogP contribution in [0.2, 0.25) is 0 Å². The number of aliphatic carboxylic acids is 1. The van der Waals surface area contributed by atoms with Crippen LogP contribution < -0.4 is 10.6 Å². The molecule has 0 aromatic heterocycles. The number of carboxylic acid groups (broad SMARTS) is 1. The maximum absolute atomic E-state index is 11.5. The molecule has 6 heteroatoms. The summed E-state index contributed by atoms with van der Waals surface area (Å²) in [5.41, 5.74) is 0. The van der Waals surface area contributed by atoms with E-state index in [4.69, 9.17) is 5.11 Å². The zero-order valence-corrected chi connectivity index (χ0v) is 11.2. The average Bonchev–Trinajstić information content (AvgIpc) is 2.32. The minimum absolute atomic E-state index is 0.155. The number of carbonyl (C=O) groups is 3. The summed E-state index contributed by atoms with van der Waals surface area (Å²) < 4.78 is 0. The molecule has 0 fully saturated rings. The highest BCUT2D eigenvalue weighted by atomic mass is 16.4. The van der Waals surface area contributed by atoms with Gasteiger partial charge < -0.3 is 15.7 Å². The smallest absolute Gasteiger partial charge is 0.326 e. The van der Waals surface area contributed by atoms with Crippen LogP contribution in [0.25, 0.3) is 0 Å². The van der Waals surface area contributed by atoms with Gasteiger partial charge in [-0.25, -0.2) is 4.79 Å². The van der Waals surface area contributed by atoms with Crippen molar-refractivity contribution in [1.82, 2.24) is 10.6 Å². The number of hydrogen-bond acceptors (Lipinski definition) is 3. The highest BCUT2D eigenvalue weighted by Gasteiger charge is 2.25. The summed E-state index contributed by atoms with van der Waals surface area (Å²) in [6.07, 6.45) is 1.72. The van der Waals surface area contributed by atoms with Crippen molar-refractivity contribution in [3.63, 3.8) is 0 Å². The van der Waals surface area contributed by atoms with Crippen molar-refractivity contribution in [2.75, 3.05) is 6.54 Å². The van der Waals surface area contributed by atoms with Gasteiger partial charge >= 0.3 is 5.97 Å². The number of rotatable bonds is 8. The maximum atomic E-state index is 11.5. The molecule has 0 rings (SSSR count). The third-order valence-corrected chi connectivity index (χ3v) is 2.72. The molecule has 104 valence electrons. The van der Waals surface area contributed by atoms with E-state index in [9.17, 15) is 14.4 Å². The van der Waals surface area contributed by atoms with E-state index in [2.05, 4.69) is 10.6 Å². The van der Waals surface area contributed by atoms with Crippen molar-refractivity contribution < 1.29 is 19.5 Å². The molecule has 6 nitrogen and oxygen atoms in total. The lowest BCUT2D eigenvalue weighted by Gasteiger charge is -2.20. The SMILES string of the molecule is CCCC(=O)NCC(=O)N[C@H](C(=O)O)[C@@H](C)CC. The van der Waals surface area contributed by atoms with E-state index >= 15 is 0 Å². The topological polar surface area (TPSA) is 95.5 Å². The number of amides is 2. The molecule has 0 radical (unpaired) electrons. The largest absolute Gasteiger partial charge is 0.480 e. The molecule has 0 aromatic carbocycles. The first kappa shape index (κ1) is 16.4. The molecule has 0 heterocycles. The van der Waals surface area contributed by atoms with Crippen LogP contribution in [0.5, 0.6) is 0 Å². The van der Waals surface area contributed by atoms with Crippen molar-refractivity contribution in [1.29, 1.82) is 0 Å². The molecule has 3 N–H and O–H groups in total. The lowest BCUT2D eigenvalue weighted by Crippen LogP contribution is -2.48. The maximum Gasteiger partial charge on any atom is 0.326 e. The van der Waals surface area contributed by atoms with E-state index in [1.54, 1.807) is 6.92 Å². The standard InChI is InChI=1S/C12H22N2O4/c1-4-6-9(15)13-7-10(16)14-11(12(17)18)8(3)5-2/h8,11H,4-7H2,1-3H3,(H,13,15)(H,14,16)(H,17,18)/t8-,11-/m0/s1. The Balaban J connectivity index is 4.19. The van der Waals surface area contributed by atoms with Gasteiger partial charge in [0.1, 0.15) is 6.04 Å². The average molecular weight is 258 g/mol.